The van der Waals surface area contributed by atoms with Crippen molar-refractivity contribution in [3.8, 4) is 5.75 Å². The fraction of sp³-hybridized carbons (Fsp3) is 0.154. The molecule has 4 heteroatoms. The summed E-state index contributed by atoms with van der Waals surface area (Å²) < 4.78 is 5.15. The third kappa shape index (κ3) is 2.31. The zero-order valence-corrected chi connectivity index (χ0v) is 10.5. The predicted octanol–water partition coefficient (Wildman–Crippen LogP) is 2.88. The molecule has 17 heavy (non-hydrogen) atoms. The Labute approximate surface area is 104 Å². The number of hydrogen-bond donors (Lipinski definition) is 1. The van der Waals surface area contributed by atoms with Crippen molar-refractivity contribution in [3.63, 3.8) is 0 Å². The van der Waals surface area contributed by atoms with Crippen LogP contribution in [0.25, 0.3) is 0 Å². The van der Waals surface area contributed by atoms with Gasteiger partial charge < -0.3 is 10.5 Å². The number of thiophene rings is 1. The van der Waals surface area contributed by atoms with Gasteiger partial charge in [-0.3, -0.25) is 4.79 Å². The van der Waals surface area contributed by atoms with Crippen LogP contribution in [0.2, 0.25) is 0 Å². The molecule has 0 unspecified atom stereocenters. The zero-order chi connectivity index (χ0) is 12.4. The Kier molecular flexibility index (Phi) is 3.15. The summed E-state index contributed by atoms with van der Waals surface area (Å²) in [5.74, 6) is 0.562. The number of ether oxygens (including phenoxy) is 1. The second-order valence-corrected chi connectivity index (χ2v) is 4.70. The largest absolute Gasteiger partial charge is 0.495 e. The SMILES string of the molecule is COc1ccsc1C(=O)c1cc(C)cc(N)c1. The first-order chi connectivity index (χ1) is 8.11. The Bertz CT molecular complexity index is 540. The van der Waals surface area contributed by atoms with Gasteiger partial charge in [-0.2, -0.15) is 0 Å². The number of nitrogens with two attached hydrogens (primary N) is 1. The number of nitrogen functional groups attached to an aromatic ring is 1. The molecule has 1 heterocycles. The first kappa shape index (κ1) is 11.7. The summed E-state index contributed by atoms with van der Waals surface area (Å²) in [6.07, 6.45) is 0. The van der Waals surface area contributed by atoms with E-state index in [-0.39, 0.29) is 5.78 Å². The Morgan fingerprint density at radius 1 is 1.35 bits per heavy atom. The maximum atomic E-state index is 12.3. The maximum Gasteiger partial charge on any atom is 0.206 e. The van der Waals surface area contributed by atoms with Crippen LogP contribution in [-0.4, -0.2) is 12.9 Å². The molecule has 1 aromatic heterocycles. The smallest absolute Gasteiger partial charge is 0.206 e. The summed E-state index contributed by atoms with van der Waals surface area (Å²) >= 11 is 1.37. The molecule has 0 spiro atoms. The molecule has 0 fully saturated rings. The molecule has 0 amide bonds. The lowest BCUT2D eigenvalue weighted by molar-refractivity contribution is 0.104. The van der Waals surface area contributed by atoms with E-state index in [4.69, 9.17) is 10.5 Å². The normalized spacial score (nSPS) is 10.2. The van der Waals surface area contributed by atoms with Crippen LogP contribution in [-0.2, 0) is 0 Å². The van der Waals surface area contributed by atoms with Gasteiger partial charge in [-0.05, 0) is 42.1 Å². The molecule has 0 saturated carbocycles. The Balaban J connectivity index is 2.43. The van der Waals surface area contributed by atoms with Crippen molar-refractivity contribution in [1.29, 1.82) is 0 Å². The minimum atomic E-state index is -0.0488. The minimum Gasteiger partial charge on any atom is -0.495 e. The Hall–Kier alpha value is -1.81. The van der Waals surface area contributed by atoms with Gasteiger partial charge in [0, 0.05) is 11.3 Å². The molecule has 2 rings (SSSR count). The monoisotopic (exact) mass is 247 g/mol. The van der Waals surface area contributed by atoms with E-state index in [1.807, 2.05) is 24.4 Å². The second kappa shape index (κ2) is 4.59. The fourth-order valence-corrected chi connectivity index (χ4v) is 2.52. The highest BCUT2D eigenvalue weighted by molar-refractivity contribution is 7.12. The maximum absolute atomic E-state index is 12.3. The summed E-state index contributed by atoms with van der Waals surface area (Å²) in [7, 11) is 1.56. The van der Waals surface area contributed by atoms with Gasteiger partial charge in [0.25, 0.3) is 0 Å². The molecule has 0 aliphatic carbocycles. The van der Waals surface area contributed by atoms with Crippen molar-refractivity contribution in [1.82, 2.24) is 0 Å². The van der Waals surface area contributed by atoms with E-state index in [0.717, 1.165) is 5.56 Å². The summed E-state index contributed by atoms with van der Waals surface area (Å²) in [4.78, 5) is 12.9. The lowest BCUT2D eigenvalue weighted by Crippen LogP contribution is -2.02. The number of rotatable bonds is 3. The quantitative estimate of drug-likeness (QED) is 0.670. The number of anilines is 1. The van der Waals surface area contributed by atoms with Gasteiger partial charge in [-0.1, -0.05) is 0 Å². The number of aryl methyl sites for hydroxylation is 1. The zero-order valence-electron chi connectivity index (χ0n) is 9.69. The van der Waals surface area contributed by atoms with Crippen LogP contribution in [0.1, 0.15) is 20.8 Å². The van der Waals surface area contributed by atoms with Crippen LogP contribution in [0.5, 0.6) is 5.75 Å². The number of benzene rings is 1. The fourth-order valence-electron chi connectivity index (χ4n) is 1.70. The van der Waals surface area contributed by atoms with Crippen LogP contribution in [0.4, 0.5) is 5.69 Å². The Morgan fingerprint density at radius 2 is 2.12 bits per heavy atom. The number of hydrogen-bond acceptors (Lipinski definition) is 4. The molecule has 88 valence electrons. The van der Waals surface area contributed by atoms with E-state index in [1.54, 1.807) is 19.2 Å². The van der Waals surface area contributed by atoms with Crippen molar-refractivity contribution in [2.45, 2.75) is 6.92 Å². The molecular weight excluding hydrogens is 234 g/mol. The van der Waals surface area contributed by atoms with E-state index < -0.39 is 0 Å². The molecular formula is C13H13NO2S. The average molecular weight is 247 g/mol. The molecule has 2 N–H and O–H groups in total. The highest BCUT2D eigenvalue weighted by Crippen LogP contribution is 2.28. The van der Waals surface area contributed by atoms with Gasteiger partial charge in [0.05, 0.1) is 7.11 Å². The van der Waals surface area contributed by atoms with E-state index >= 15 is 0 Å². The molecule has 1 aromatic carbocycles. The number of carbonyl (C=O) groups is 1. The average Bonchev–Trinajstić information content (AvgIpc) is 2.74. The van der Waals surface area contributed by atoms with Gasteiger partial charge >= 0.3 is 0 Å². The molecule has 2 aromatic rings. The highest BCUT2D eigenvalue weighted by atomic mass is 32.1. The lowest BCUT2D eigenvalue weighted by Gasteiger charge is -2.04. The van der Waals surface area contributed by atoms with Crippen LogP contribution in [0.15, 0.2) is 29.6 Å². The lowest BCUT2D eigenvalue weighted by atomic mass is 10.1. The molecule has 0 atom stereocenters. The summed E-state index contributed by atoms with van der Waals surface area (Å²) in [5, 5.41) is 1.84. The number of ketones is 1. The van der Waals surface area contributed by atoms with Crippen LogP contribution >= 0.6 is 11.3 Å². The van der Waals surface area contributed by atoms with Crippen molar-refractivity contribution in [2.75, 3.05) is 12.8 Å². The summed E-state index contributed by atoms with van der Waals surface area (Å²) in [5.41, 5.74) is 7.92. The van der Waals surface area contributed by atoms with Crippen LogP contribution < -0.4 is 10.5 Å². The van der Waals surface area contributed by atoms with Gasteiger partial charge in [0.15, 0.2) is 0 Å². The molecule has 0 aliphatic rings. The summed E-state index contributed by atoms with van der Waals surface area (Å²) in [6.45, 7) is 1.92. The standard InChI is InChI=1S/C13H13NO2S/c1-8-5-9(7-10(14)6-8)12(15)13-11(16-2)3-4-17-13/h3-7H,14H2,1-2H3. The summed E-state index contributed by atoms with van der Waals surface area (Å²) in [6, 6.07) is 7.14. The third-order valence-electron chi connectivity index (χ3n) is 2.42. The van der Waals surface area contributed by atoms with E-state index in [0.29, 0.717) is 21.9 Å². The first-order valence-electron chi connectivity index (χ1n) is 5.15. The molecule has 0 aliphatic heterocycles. The van der Waals surface area contributed by atoms with Crippen molar-refractivity contribution in [2.24, 2.45) is 0 Å². The molecule has 0 bridgehead atoms. The van der Waals surface area contributed by atoms with Crippen LogP contribution in [0, 0.1) is 6.92 Å². The minimum absolute atomic E-state index is 0.0488. The molecule has 0 saturated heterocycles. The van der Waals surface area contributed by atoms with Crippen molar-refractivity contribution < 1.29 is 9.53 Å². The second-order valence-electron chi connectivity index (χ2n) is 3.78. The van der Waals surface area contributed by atoms with Gasteiger partial charge in [-0.15, -0.1) is 11.3 Å². The predicted molar refractivity (Wildman–Crippen MR) is 69.9 cm³/mol. The first-order valence-corrected chi connectivity index (χ1v) is 6.03. The Morgan fingerprint density at radius 3 is 2.76 bits per heavy atom. The van der Waals surface area contributed by atoms with E-state index in [1.165, 1.54) is 11.3 Å². The van der Waals surface area contributed by atoms with E-state index in [9.17, 15) is 4.79 Å². The van der Waals surface area contributed by atoms with Crippen LogP contribution in [0.3, 0.4) is 0 Å². The van der Waals surface area contributed by atoms with Gasteiger partial charge in [-0.25, -0.2) is 0 Å². The van der Waals surface area contributed by atoms with Gasteiger partial charge in [0.1, 0.15) is 10.6 Å². The van der Waals surface area contributed by atoms with E-state index in [2.05, 4.69) is 0 Å². The van der Waals surface area contributed by atoms with Gasteiger partial charge in [0.2, 0.25) is 5.78 Å². The topological polar surface area (TPSA) is 52.3 Å². The van der Waals surface area contributed by atoms with Crippen molar-refractivity contribution >= 4 is 22.8 Å². The number of carbonyl (C=O) groups excluding carboxylic acids is 1. The molecule has 0 radical (unpaired) electrons. The number of methoxy groups -OCH3 is 1. The molecule has 3 nitrogen and oxygen atoms in total. The highest BCUT2D eigenvalue weighted by Gasteiger charge is 2.16. The third-order valence-corrected chi connectivity index (χ3v) is 3.31. The van der Waals surface area contributed by atoms with Crippen molar-refractivity contribution in [3.05, 3.63) is 45.6 Å².